The summed E-state index contributed by atoms with van der Waals surface area (Å²) >= 11 is 0. The second-order valence-corrected chi connectivity index (χ2v) is 5.76. The van der Waals surface area contributed by atoms with Gasteiger partial charge in [0, 0.05) is 6.21 Å². The molecule has 2 aromatic carbocycles. The lowest BCUT2D eigenvalue weighted by atomic mass is 10.0. The first kappa shape index (κ1) is 16.5. The summed E-state index contributed by atoms with van der Waals surface area (Å²) in [5.74, 6) is 0. The quantitative estimate of drug-likeness (QED) is 0.563. The van der Waals surface area contributed by atoms with E-state index in [9.17, 15) is 0 Å². The Morgan fingerprint density at radius 2 is 1.59 bits per heavy atom. The van der Waals surface area contributed by atoms with Gasteiger partial charge in [-0.2, -0.15) is 0 Å². The molecule has 0 unspecified atom stereocenters. The summed E-state index contributed by atoms with van der Waals surface area (Å²) in [5, 5.41) is 0. The van der Waals surface area contributed by atoms with Crippen LogP contribution >= 0.6 is 0 Å². The predicted molar refractivity (Wildman–Crippen MR) is 97.5 cm³/mol. The van der Waals surface area contributed by atoms with E-state index in [0.29, 0.717) is 0 Å². The first-order valence-corrected chi connectivity index (χ1v) is 8.51. The van der Waals surface area contributed by atoms with E-state index >= 15 is 0 Å². The third kappa shape index (κ3) is 4.56. The topological polar surface area (TPSA) is 12.4 Å². The van der Waals surface area contributed by atoms with Gasteiger partial charge in [-0.05, 0) is 66.1 Å². The van der Waals surface area contributed by atoms with Crippen molar-refractivity contribution >= 4 is 11.9 Å². The van der Waals surface area contributed by atoms with E-state index in [0.717, 1.165) is 18.5 Å². The van der Waals surface area contributed by atoms with Crippen molar-refractivity contribution < 1.29 is 0 Å². The minimum Gasteiger partial charge on any atom is -0.256 e. The maximum atomic E-state index is 4.60. The minimum atomic E-state index is 1.03. The van der Waals surface area contributed by atoms with Gasteiger partial charge in [0.15, 0.2) is 0 Å². The Hall–Kier alpha value is -1.89. The molecule has 0 saturated carbocycles. The van der Waals surface area contributed by atoms with Gasteiger partial charge in [-0.25, -0.2) is 0 Å². The fraction of sp³-hybridized carbons (Fsp3) is 0.381. The monoisotopic (exact) mass is 293 g/mol. The number of nitrogens with zero attached hydrogens (tertiary/aromatic N) is 1. The molecule has 1 nitrogen and oxygen atoms in total. The van der Waals surface area contributed by atoms with Crippen molar-refractivity contribution in [3.8, 4) is 0 Å². The molecule has 0 aliphatic heterocycles. The fourth-order valence-corrected chi connectivity index (χ4v) is 2.68. The van der Waals surface area contributed by atoms with Crippen LogP contribution in [0.2, 0.25) is 0 Å². The van der Waals surface area contributed by atoms with Crippen molar-refractivity contribution in [2.45, 2.75) is 52.9 Å². The standard InChI is InChI=1S/C21H27N/c1-4-7-8-17-10-13-21(14-11-17)22-16-18-9-12-19(5-2)20(6-3)15-18/h9-16H,4-8H2,1-3H3. The molecule has 0 amide bonds. The number of unbranched alkanes of at least 4 members (excludes halogenated alkanes) is 1. The molecule has 0 heterocycles. The van der Waals surface area contributed by atoms with Gasteiger partial charge in [-0.3, -0.25) is 4.99 Å². The fourth-order valence-electron chi connectivity index (χ4n) is 2.68. The average molecular weight is 293 g/mol. The third-order valence-corrected chi connectivity index (χ3v) is 4.11. The molecule has 116 valence electrons. The molecule has 0 fully saturated rings. The van der Waals surface area contributed by atoms with E-state index in [-0.39, 0.29) is 0 Å². The van der Waals surface area contributed by atoms with Gasteiger partial charge < -0.3 is 0 Å². The average Bonchev–Trinajstić information content (AvgIpc) is 2.58. The number of hydrogen-bond acceptors (Lipinski definition) is 1. The van der Waals surface area contributed by atoms with Crippen molar-refractivity contribution in [2.24, 2.45) is 4.99 Å². The molecule has 0 aliphatic carbocycles. The van der Waals surface area contributed by atoms with Crippen LogP contribution in [0.15, 0.2) is 47.5 Å². The molecule has 0 aromatic heterocycles. The highest BCUT2D eigenvalue weighted by atomic mass is 14.7. The predicted octanol–water partition coefficient (Wildman–Crippen LogP) is 5.90. The van der Waals surface area contributed by atoms with Crippen LogP contribution in [0.5, 0.6) is 0 Å². The molecule has 0 saturated heterocycles. The van der Waals surface area contributed by atoms with E-state index in [4.69, 9.17) is 0 Å². The summed E-state index contributed by atoms with van der Waals surface area (Å²) in [6, 6.07) is 15.3. The Morgan fingerprint density at radius 3 is 2.23 bits per heavy atom. The van der Waals surface area contributed by atoms with Crippen LogP contribution in [0.25, 0.3) is 0 Å². The summed E-state index contributed by atoms with van der Waals surface area (Å²) in [4.78, 5) is 4.60. The molecule has 0 bridgehead atoms. The molecular formula is C21H27N. The van der Waals surface area contributed by atoms with Gasteiger partial charge in [0.25, 0.3) is 0 Å². The Bertz CT molecular complexity index is 608. The van der Waals surface area contributed by atoms with Crippen LogP contribution in [0.4, 0.5) is 5.69 Å². The normalized spacial score (nSPS) is 11.2. The lowest BCUT2D eigenvalue weighted by molar-refractivity contribution is 0.795. The molecule has 0 radical (unpaired) electrons. The highest BCUT2D eigenvalue weighted by molar-refractivity contribution is 5.82. The van der Waals surface area contributed by atoms with E-state index in [1.54, 1.807) is 0 Å². The first-order valence-electron chi connectivity index (χ1n) is 8.51. The van der Waals surface area contributed by atoms with Gasteiger partial charge in [0.1, 0.15) is 0 Å². The highest BCUT2D eigenvalue weighted by Gasteiger charge is 1.99. The van der Waals surface area contributed by atoms with Crippen molar-refractivity contribution in [3.05, 3.63) is 64.7 Å². The van der Waals surface area contributed by atoms with Gasteiger partial charge in [-0.15, -0.1) is 0 Å². The Balaban J connectivity index is 2.08. The number of aliphatic imine (C=N–C) groups is 1. The Labute approximate surface area is 135 Å². The van der Waals surface area contributed by atoms with Crippen LogP contribution in [0.3, 0.4) is 0 Å². The second-order valence-electron chi connectivity index (χ2n) is 5.76. The maximum Gasteiger partial charge on any atom is 0.0630 e. The second kappa shape index (κ2) is 8.53. The van der Waals surface area contributed by atoms with Crippen LogP contribution in [0, 0.1) is 0 Å². The molecule has 2 rings (SSSR count). The number of rotatable bonds is 7. The van der Waals surface area contributed by atoms with Crippen LogP contribution in [-0.4, -0.2) is 6.21 Å². The summed E-state index contributed by atoms with van der Waals surface area (Å²) in [6.45, 7) is 6.65. The summed E-state index contributed by atoms with van der Waals surface area (Å²) in [5.41, 5.74) is 6.49. The Morgan fingerprint density at radius 1 is 0.864 bits per heavy atom. The SMILES string of the molecule is CCCCc1ccc(N=Cc2ccc(CC)c(CC)c2)cc1. The molecule has 2 aromatic rings. The zero-order valence-corrected chi connectivity index (χ0v) is 14.1. The zero-order valence-electron chi connectivity index (χ0n) is 14.1. The number of aryl methyl sites for hydroxylation is 3. The molecule has 0 N–H and O–H groups in total. The van der Waals surface area contributed by atoms with Crippen molar-refractivity contribution in [1.82, 2.24) is 0 Å². The molecular weight excluding hydrogens is 266 g/mol. The van der Waals surface area contributed by atoms with E-state index in [2.05, 4.69) is 68.2 Å². The number of hydrogen-bond donors (Lipinski definition) is 0. The summed E-state index contributed by atoms with van der Waals surface area (Å²) in [7, 11) is 0. The van der Waals surface area contributed by atoms with Gasteiger partial charge >= 0.3 is 0 Å². The molecule has 0 atom stereocenters. The number of benzene rings is 2. The van der Waals surface area contributed by atoms with E-state index < -0.39 is 0 Å². The van der Waals surface area contributed by atoms with E-state index in [1.807, 2.05) is 6.21 Å². The molecule has 22 heavy (non-hydrogen) atoms. The molecule has 1 heteroatoms. The highest BCUT2D eigenvalue weighted by Crippen LogP contribution is 2.16. The lowest BCUT2D eigenvalue weighted by Crippen LogP contribution is -1.93. The van der Waals surface area contributed by atoms with Gasteiger partial charge in [0.05, 0.1) is 5.69 Å². The summed E-state index contributed by atoms with van der Waals surface area (Å²) < 4.78 is 0. The largest absolute Gasteiger partial charge is 0.256 e. The Kier molecular flexibility index (Phi) is 6.39. The zero-order chi connectivity index (χ0) is 15.8. The first-order chi connectivity index (χ1) is 10.8. The van der Waals surface area contributed by atoms with Crippen LogP contribution < -0.4 is 0 Å². The van der Waals surface area contributed by atoms with E-state index in [1.165, 1.54) is 41.5 Å². The van der Waals surface area contributed by atoms with Gasteiger partial charge in [-0.1, -0.05) is 51.5 Å². The van der Waals surface area contributed by atoms with Crippen molar-refractivity contribution in [3.63, 3.8) is 0 Å². The maximum absolute atomic E-state index is 4.60. The smallest absolute Gasteiger partial charge is 0.0630 e. The molecule has 0 aliphatic rings. The van der Waals surface area contributed by atoms with Gasteiger partial charge in [0.2, 0.25) is 0 Å². The third-order valence-electron chi connectivity index (χ3n) is 4.11. The van der Waals surface area contributed by atoms with Crippen LogP contribution in [-0.2, 0) is 19.3 Å². The van der Waals surface area contributed by atoms with Crippen molar-refractivity contribution in [1.29, 1.82) is 0 Å². The lowest BCUT2D eigenvalue weighted by Gasteiger charge is -2.06. The van der Waals surface area contributed by atoms with Crippen LogP contribution in [0.1, 0.15) is 55.9 Å². The summed E-state index contributed by atoms with van der Waals surface area (Å²) in [6.07, 6.45) is 7.81. The molecule has 0 spiro atoms. The minimum absolute atomic E-state index is 1.03. The van der Waals surface area contributed by atoms with Crippen molar-refractivity contribution in [2.75, 3.05) is 0 Å².